The molecule has 34 heavy (non-hydrogen) atoms. The molecule has 0 saturated carbocycles. The van der Waals surface area contributed by atoms with Gasteiger partial charge in [0, 0.05) is 24.6 Å². The molecule has 11 nitrogen and oxygen atoms in total. The number of carbonyl (C=O) groups is 1. The highest BCUT2D eigenvalue weighted by Gasteiger charge is 2.48. The van der Waals surface area contributed by atoms with Crippen molar-refractivity contribution in [1.82, 2.24) is 0 Å². The fourth-order valence-corrected chi connectivity index (χ4v) is 4.01. The van der Waals surface area contributed by atoms with Crippen LogP contribution in [0.5, 0.6) is 17.2 Å². The highest BCUT2D eigenvalue weighted by molar-refractivity contribution is 5.89. The summed E-state index contributed by atoms with van der Waals surface area (Å²) in [4.78, 5) is 24.6. The Bertz CT molecular complexity index is 1280. The van der Waals surface area contributed by atoms with E-state index in [0.717, 1.165) is 19.1 Å². The Hall–Kier alpha value is -3.64. The van der Waals surface area contributed by atoms with Crippen molar-refractivity contribution in [3.05, 3.63) is 52.2 Å². The van der Waals surface area contributed by atoms with Gasteiger partial charge in [-0.2, -0.15) is 0 Å². The first-order chi connectivity index (χ1) is 16.1. The summed E-state index contributed by atoms with van der Waals surface area (Å²) in [5.41, 5.74) is -0.866. The summed E-state index contributed by atoms with van der Waals surface area (Å²) >= 11 is 0. The second kappa shape index (κ2) is 8.95. The summed E-state index contributed by atoms with van der Waals surface area (Å²) < 4.78 is 16.7. The lowest BCUT2D eigenvalue weighted by Crippen LogP contribution is -2.56. The number of phenols is 3. The molecule has 1 fully saturated rings. The Morgan fingerprint density at radius 2 is 1.71 bits per heavy atom. The van der Waals surface area contributed by atoms with Crippen molar-refractivity contribution >= 4 is 16.9 Å². The molecule has 5 atom stereocenters. The summed E-state index contributed by atoms with van der Waals surface area (Å²) in [5.74, 6) is -2.05. The van der Waals surface area contributed by atoms with E-state index in [4.69, 9.17) is 13.9 Å². The van der Waals surface area contributed by atoms with Crippen LogP contribution in [-0.4, -0.2) is 67.6 Å². The topological polar surface area (TPSA) is 187 Å². The number of carbonyl (C=O) groups excluding carboxylic acids is 1. The molecule has 0 amide bonds. The van der Waals surface area contributed by atoms with E-state index in [0.29, 0.717) is 5.56 Å². The molecule has 11 heteroatoms. The fourth-order valence-electron chi connectivity index (χ4n) is 4.01. The van der Waals surface area contributed by atoms with Crippen LogP contribution in [0.25, 0.3) is 22.3 Å². The first-order valence-corrected chi connectivity index (χ1v) is 10.2. The van der Waals surface area contributed by atoms with E-state index in [9.17, 15) is 40.2 Å². The van der Waals surface area contributed by atoms with Crippen LogP contribution in [0.2, 0.25) is 0 Å². The van der Waals surface area contributed by atoms with Gasteiger partial charge in [0.15, 0.2) is 17.1 Å². The van der Waals surface area contributed by atoms with Crippen molar-refractivity contribution in [3.8, 4) is 28.6 Å². The second-order valence-electron chi connectivity index (χ2n) is 7.89. The van der Waals surface area contributed by atoms with Gasteiger partial charge in [-0.05, 0) is 24.3 Å². The number of hydrogen-bond acceptors (Lipinski definition) is 11. The van der Waals surface area contributed by atoms with E-state index in [1.807, 2.05) is 0 Å². The molecule has 1 saturated heterocycles. The third-order valence-electron chi connectivity index (χ3n) is 5.60. The molecule has 1 aliphatic heterocycles. The van der Waals surface area contributed by atoms with Gasteiger partial charge in [-0.25, -0.2) is 0 Å². The third-order valence-corrected chi connectivity index (χ3v) is 5.60. The quantitative estimate of drug-likeness (QED) is 0.292. The van der Waals surface area contributed by atoms with Gasteiger partial charge in [0.1, 0.15) is 52.8 Å². The first kappa shape index (κ1) is 23.5. The standard InChI is InChI=1S/C23H22O11/c1-9(25)32-23-20(31)19(30)16(8-24)34-22(23)18-13(28)6-12(27)17-14(29)7-15(33-21(17)18)10-2-4-11(26)5-3-10/h2-7,16,19-20,22-24,26-28,30-31H,8H2,1H3. The fraction of sp³-hybridized carbons (Fsp3) is 0.304. The molecule has 2 heterocycles. The summed E-state index contributed by atoms with van der Waals surface area (Å²) in [7, 11) is 0. The molecular formula is C23H22O11. The number of aliphatic hydroxyl groups is 3. The van der Waals surface area contributed by atoms with Crippen molar-refractivity contribution in [2.45, 2.75) is 37.4 Å². The van der Waals surface area contributed by atoms with Gasteiger partial charge < -0.3 is 44.5 Å². The van der Waals surface area contributed by atoms with Crippen molar-refractivity contribution in [3.63, 3.8) is 0 Å². The van der Waals surface area contributed by atoms with Crippen LogP contribution in [0.3, 0.4) is 0 Å². The van der Waals surface area contributed by atoms with E-state index in [1.54, 1.807) is 0 Å². The SMILES string of the molecule is CC(=O)OC1C(c2c(O)cc(O)c3c(=O)cc(-c4ccc(O)cc4)oc23)OC(CO)C(O)C1O. The molecule has 0 aliphatic carbocycles. The van der Waals surface area contributed by atoms with Crippen LogP contribution < -0.4 is 5.43 Å². The van der Waals surface area contributed by atoms with Crippen molar-refractivity contribution in [1.29, 1.82) is 0 Å². The molecule has 2 aromatic carbocycles. The van der Waals surface area contributed by atoms with Gasteiger partial charge >= 0.3 is 5.97 Å². The Morgan fingerprint density at radius 1 is 1.03 bits per heavy atom. The smallest absolute Gasteiger partial charge is 0.303 e. The van der Waals surface area contributed by atoms with E-state index < -0.39 is 60.0 Å². The van der Waals surface area contributed by atoms with Gasteiger partial charge in [0.2, 0.25) is 0 Å². The molecule has 4 rings (SSSR count). The lowest BCUT2D eigenvalue weighted by Gasteiger charge is -2.41. The average Bonchev–Trinajstić information content (AvgIpc) is 2.77. The zero-order chi connectivity index (χ0) is 24.7. The lowest BCUT2D eigenvalue weighted by molar-refractivity contribution is -0.240. The Balaban J connectivity index is 1.98. The summed E-state index contributed by atoms with van der Waals surface area (Å²) in [6.07, 6.45) is -7.75. The third kappa shape index (κ3) is 4.05. The number of aromatic hydroxyl groups is 3. The predicted octanol–water partition coefficient (Wildman–Crippen LogP) is 0.662. The van der Waals surface area contributed by atoms with Gasteiger partial charge in [-0.15, -0.1) is 0 Å². The molecule has 5 unspecified atom stereocenters. The van der Waals surface area contributed by atoms with Gasteiger partial charge in [-0.1, -0.05) is 0 Å². The van der Waals surface area contributed by atoms with E-state index in [1.165, 1.54) is 24.3 Å². The maximum absolute atomic E-state index is 12.9. The van der Waals surface area contributed by atoms with Gasteiger partial charge in [-0.3, -0.25) is 9.59 Å². The van der Waals surface area contributed by atoms with Crippen LogP contribution in [0.4, 0.5) is 0 Å². The molecule has 3 aromatic rings. The molecule has 0 radical (unpaired) electrons. The second-order valence-corrected chi connectivity index (χ2v) is 7.89. The van der Waals surface area contributed by atoms with E-state index in [-0.39, 0.29) is 28.0 Å². The summed E-state index contributed by atoms with van der Waals surface area (Å²) in [6.45, 7) is 0.340. The van der Waals surface area contributed by atoms with Crippen molar-refractivity contribution in [2.24, 2.45) is 0 Å². The molecule has 0 spiro atoms. The molecule has 1 aromatic heterocycles. The normalized spacial score (nSPS) is 24.8. The molecule has 180 valence electrons. The maximum atomic E-state index is 12.9. The van der Waals surface area contributed by atoms with Crippen LogP contribution in [0, 0.1) is 0 Å². The molecule has 1 aliphatic rings. The minimum atomic E-state index is -1.73. The number of rotatable bonds is 4. The lowest BCUT2D eigenvalue weighted by atomic mass is 9.89. The Kier molecular flexibility index (Phi) is 6.19. The zero-order valence-corrected chi connectivity index (χ0v) is 17.8. The van der Waals surface area contributed by atoms with Gasteiger partial charge in [0.05, 0.1) is 12.2 Å². The Morgan fingerprint density at radius 3 is 2.32 bits per heavy atom. The van der Waals surface area contributed by atoms with Crippen LogP contribution in [0.15, 0.2) is 45.6 Å². The largest absolute Gasteiger partial charge is 0.508 e. The number of hydrogen-bond donors (Lipinski definition) is 6. The summed E-state index contributed by atoms with van der Waals surface area (Å²) in [6, 6.07) is 7.66. The van der Waals surface area contributed by atoms with E-state index >= 15 is 0 Å². The van der Waals surface area contributed by atoms with Crippen molar-refractivity contribution < 1.29 is 49.3 Å². The van der Waals surface area contributed by atoms with Crippen LogP contribution in [0.1, 0.15) is 18.6 Å². The van der Waals surface area contributed by atoms with Crippen LogP contribution in [-0.2, 0) is 14.3 Å². The Labute approximate surface area is 191 Å². The highest BCUT2D eigenvalue weighted by Crippen LogP contribution is 2.44. The minimum absolute atomic E-state index is 0.0166. The number of fused-ring (bicyclic) bond motifs is 1. The minimum Gasteiger partial charge on any atom is -0.508 e. The van der Waals surface area contributed by atoms with Gasteiger partial charge in [0.25, 0.3) is 0 Å². The average molecular weight is 474 g/mol. The molecular weight excluding hydrogens is 452 g/mol. The zero-order valence-electron chi connectivity index (χ0n) is 17.8. The summed E-state index contributed by atoms with van der Waals surface area (Å²) in [5, 5.41) is 60.7. The van der Waals surface area contributed by atoms with E-state index in [2.05, 4.69) is 0 Å². The number of aliphatic hydroxyl groups excluding tert-OH is 3. The first-order valence-electron chi connectivity index (χ1n) is 10.2. The monoisotopic (exact) mass is 474 g/mol. The molecule has 0 bridgehead atoms. The van der Waals surface area contributed by atoms with Crippen LogP contribution >= 0.6 is 0 Å². The number of phenolic OH excluding ortho intramolecular Hbond substituents is 3. The number of benzene rings is 2. The number of ether oxygens (including phenoxy) is 2. The highest BCUT2D eigenvalue weighted by atomic mass is 16.6. The number of esters is 1. The maximum Gasteiger partial charge on any atom is 0.303 e. The molecule has 6 N–H and O–H groups in total. The predicted molar refractivity (Wildman–Crippen MR) is 115 cm³/mol. The van der Waals surface area contributed by atoms with Crippen molar-refractivity contribution in [2.75, 3.05) is 6.61 Å².